The van der Waals surface area contributed by atoms with E-state index in [0.29, 0.717) is 10.0 Å². The summed E-state index contributed by atoms with van der Waals surface area (Å²) < 4.78 is 0.690. The van der Waals surface area contributed by atoms with Crippen LogP contribution in [0.2, 0.25) is 0 Å². The quantitative estimate of drug-likeness (QED) is 0.549. The van der Waals surface area contributed by atoms with E-state index in [9.17, 15) is 10.1 Å². The molecule has 0 fully saturated rings. The molecule has 2 aromatic heterocycles. The highest BCUT2D eigenvalue weighted by Crippen LogP contribution is 2.36. The first-order chi connectivity index (χ1) is 10.2. The fourth-order valence-electron chi connectivity index (χ4n) is 2.47. The number of benzene rings is 1. The Bertz CT molecular complexity index is 717. The molecule has 2 heterocycles. The third kappa shape index (κ3) is 2.62. The van der Waals surface area contributed by atoms with E-state index in [0.717, 1.165) is 11.4 Å². The van der Waals surface area contributed by atoms with Gasteiger partial charge in [0.25, 0.3) is 5.69 Å². The lowest BCUT2D eigenvalue weighted by atomic mass is 9.91. The van der Waals surface area contributed by atoms with Gasteiger partial charge in [-0.25, -0.2) is 0 Å². The number of hydrogen-bond donors (Lipinski definition) is 2. The van der Waals surface area contributed by atoms with Crippen LogP contribution in [0.5, 0.6) is 0 Å². The first-order valence-corrected chi connectivity index (χ1v) is 7.16. The Kier molecular flexibility index (Phi) is 3.62. The van der Waals surface area contributed by atoms with E-state index in [2.05, 4.69) is 25.9 Å². The smallest absolute Gasteiger partial charge is 0.274 e. The molecule has 0 saturated carbocycles. The summed E-state index contributed by atoms with van der Waals surface area (Å²) in [6.45, 7) is 0. The second-order valence-electron chi connectivity index (χ2n) is 4.64. The zero-order chi connectivity index (χ0) is 14.8. The third-order valence-electron chi connectivity index (χ3n) is 3.37. The van der Waals surface area contributed by atoms with Crippen LogP contribution in [0.3, 0.4) is 0 Å². The average molecular weight is 346 g/mol. The van der Waals surface area contributed by atoms with Crippen LogP contribution in [-0.2, 0) is 0 Å². The van der Waals surface area contributed by atoms with Gasteiger partial charge in [-0.3, -0.25) is 10.1 Å². The van der Waals surface area contributed by atoms with Gasteiger partial charge in [0.1, 0.15) is 0 Å². The molecule has 3 aromatic rings. The first kappa shape index (κ1) is 13.6. The molecule has 5 nitrogen and oxygen atoms in total. The van der Waals surface area contributed by atoms with Crippen LogP contribution in [0.4, 0.5) is 5.69 Å². The highest BCUT2D eigenvalue weighted by molar-refractivity contribution is 9.10. The first-order valence-electron chi connectivity index (χ1n) is 6.37. The van der Waals surface area contributed by atoms with E-state index in [1.165, 1.54) is 6.07 Å². The van der Waals surface area contributed by atoms with E-state index >= 15 is 0 Å². The summed E-state index contributed by atoms with van der Waals surface area (Å²) in [6, 6.07) is 12.8. The predicted molar refractivity (Wildman–Crippen MR) is 83.3 cm³/mol. The van der Waals surface area contributed by atoms with Gasteiger partial charge in [0.15, 0.2) is 0 Å². The lowest BCUT2D eigenvalue weighted by Crippen LogP contribution is -2.07. The molecule has 0 aliphatic heterocycles. The molecule has 3 rings (SSSR count). The number of hydrogen-bond acceptors (Lipinski definition) is 2. The van der Waals surface area contributed by atoms with Crippen molar-refractivity contribution in [3.63, 3.8) is 0 Å². The minimum absolute atomic E-state index is 0.0959. The summed E-state index contributed by atoms with van der Waals surface area (Å²) in [6.07, 6.45) is 3.63. The molecule has 106 valence electrons. The summed E-state index contributed by atoms with van der Waals surface area (Å²) in [5, 5.41) is 11.4. The standard InChI is InChI=1S/C15H12BrN3O2/c16-10-5-6-11(14(9-10)19(20)21)15(12-3-1-7-17-12)13-4-2-8-18-13/h1-9,15,17-18H. The molecule has 6 heteroatoms. The van der Waals surface area contributed by atoms with Gasteiger partial charge in [-0.05, 0) is 36.4 Å². The van der Waals surface area contributed by atoms with E-state index in [4.69, 9.17) is 0 Å². The number of nitrogens with one attached hydrogen (secondary N) is 2. The average Bonchev–Trinajstić information content (AvgIpc) is 3.14. The fraction of sp³-hybridized carbons (Fsp3) is 0.0667. The van der Waals surface area contributed by atoms with Crippen molar-refractivity contribution in [1.82, 2.24) is 9.97 Å². The second-order valence-corrected chi connectivity index (χ2v) is 5.56. The Morgan fingerprint density at radius 3 is 2.14 bits per heavy atom. The number of nitrogens with zero attached hydrogens (tertiary/aromatic N) is 1. The number of aromatic nitrogens is 2. The van der Waals surface area contributed by atoms with Crippen molar-refractivity contribution in [2.75, 3.05) is 0 Å². The maximum absolute atomic E-state index is 11.4. The molecule has 1 aromatic carbocycles. The highest BCUT2D eigenvalue weighted by atomic mass is 79.9. The largest absolute Gasteiger partial charge is 0.364 e. The molecule has 21 heavy (non-hydrogen) atoms. The topological polar surface area (TPSA) is 74.7 Å². The summed E-state index contributed by atoms with van der Waals surface area (Å²) >= 11 is 3.29. The molecule has 0 radical (unpaired) electrons. The van der Waals surface area contributed by atoms with E-state index < -0.39 is 0 Å². The van der Waals surface area contributed by atoms with Gasteiger partial charge < -0.3 is 9.97 Å². The molecule has 0 bridgehead atoms. The van der Waals surface area contributed by atoms with Crippen LogP contribution in [0.25, 0.3) is 0 Å². The van der Waals surface area contributed by atoms with Crippen molar-refractivity contribution in [2.45, 2.75) is 5.92 Å². The molecule has 0 spiro atoms. The molecule has 0 aliphatic carbocycles. The number of rotatable bonds is 4. The summed E-state index contributed by atoms with van der Waals surface area (Å²) in [5.41, 5.74) is 2.55. The van der Waals surface area contributed by atoms with Crippen molar-refractivity contribution in [2.24, 2.45) is 0 Å². The predicted octanol–water partition coefficient (Wildman–Crippen LogP) is 4.19. The van der Waals surface area contributed by atoms with E-state index in [-0.39, 0.29) is 16.5 Å². The molecule has 2 N–H and O–H groups in total. The Labute approximate surface area is 129 Å². The van der Waals surface area contributed by atoms with Gasteiger partial charge in [0, 0.05) is 39.9 Å². The monoisotopic (exact) mass is 345 g/mol. The third-order valence-corrected chi connectivity index (χ3v) is 3.86. The van der Waals surface area contributed by atoms with Gasteiger partial charge in [-0.2, -0.15) is 0 Å². The van der Waals surface area contributed by atoms with Gasteiger partial charge in [-0.15, -0.1) is 0 Å². The zero-order valence-corrected chi connectivity index (χ0v) is 12.5. The van der Waals surface area contributed by atoms with Gasteiger partial charge >= 0.3 is 0 Å². The summed E-state index contributed by atoms with van der Waals surface area (Å²) in [5.74, 6) is -0.233. The van der Waals surface area contributed by atoms with Gasteiger partial charge in [-0.1, -0.05) is 15.9 Å². The Morgan fingerprint density at radius 1 is 1.05 bits per heavy atom. The number of aromatic amines is 2. The lowest BCUT2D eigenvalue weighted by Gasteiger charge is -2.15. The zero-order valence-electron chi connectivity index (χ0n) is 10.9. The normalized spacial score (nSPS) is 11.0. The SMILES string of the molecule is O=[N+]([O-])c1cc(Br)ccc1C(c1ccc[nH]1)c1ccc[nH]1. The summed E-state index contributed by atoms with van der Waals surface area (Å²) in [7, 11) is 0. The lowest BCUT2D eigenvalue weighted by molar-refractivity contribution is -0.385. The van der Waals surface area contributed by atoms with Crippen LogP contribution >= 0.6 is 15.9 Å². The van der Waals surface area contributed by atoms with Crippen LogP contribution in [-0.4, -0.2) is 14.9 Å². The molecule has 0 aliphatic rings. The van der Waals surface area contributed by atoms with Gasteiger partial charge in [0.2, 0.25) is 0 Å². The molecular formula is C15H12BrN3O2. The maximum atomic E-state index is 11.4. The van der Waals surface area contributed by atoms with Crippen molar-refractivity contribution in [1.29, 1.82) is 0 Å². The second kappa shape index (κ2) is 5.57. The Morgan fingerprint density at radius 2 is 1.67 bits per heavy atom. The number of halogens is 1. The molecular weight excluding hydrogens is 334 g/mol. The van der Waals surface area contributed by atoms with Crippen LogP contribution in [0.1, 0.15) is 22.9 Å². The van der Waals surface area contributed by atoms with Crippen molar-refractivity contribution in [3.05, 3.63) is 86.4 Å². The van der Waals surface area contributed by atoms with Crippen LogP contribution in [0, 0.1) is 10.1 Å². The molecule has 0 unspecified atom stereocenters. The Balaban J connectivity index is 2.20. The molecule has 0 atom stereocenters. The van der Waals surface area contributed by atoms with Gasteiger partial charge in [0.05, 0.1) is 10.8 Å². The van der Waals surface area contributed by atoms with Crippen molar-refractivity contribution in [3.8, 4) is 0 Å². The van der Waals surface area contributed by atoms with Crippen molar-refractivity contribution < 1.29 is 4.92 Å². The van der Waals surface area contributed by atoms with Crippen LogP contribution < -0.4 is 0 Å². The Hall–Kier alpha value is -2.34. The van der Waals surface area contributed by atoms with E-state index in [1.807, 2.05) is 42.7 Å². The number of nitro benzene ring substituents is 1. The van der Waals surface area contributed by atoms with Crippen LogP contribution in [0.15, 0.2) is 59.3 Å². The summed E-state index contributed by atoms with van der Waals surface area (Å²) in [4.78, 5) is 17.3. The minimum atomic E-state index is -0.348. The van der Waals surface area contributed by atoms with Crippen molar-refractivity contribution >= 4 is 21.6 Å². The minimum Gasteiger partial charge on any atom is -0.364 e. The fourth-order valence-corrected chi connectivity index (χ4v) is 2.82. The molecule has 0 amide bonds. The molecule has 0 saturated heterocycles. The number of nitro groups is 1. The van der Waals surface area contributed by atoms with E-state index in [1.54, 1.807) is 6.07 Å². The maximum Gasteiger partial charge on any atom is 0.274 e. The number of H-pyrrole nitrogens is 2. The highest BCUT2D eigenvalue weighted by Gasteiger charge is 2.26.